The minimum absolute atomic E-state index is 0.167. The van der Waals surface area contributed by atoms with E-state index < -0.39 is 29.3 Å². The van der Waals surface area contributed by atoms with Crippen molar-refractivity contribution in [1.82, 2.24) is 15.5 Å². The van der Waals surface area contributed by atoms with Crippen molar-refractivity contribution in [2.75, 3.05) is 6.54 Å². The first-order valence-corrected chi connectivity index (χ1v) is 12.2. The highest BCUT2D eigenvalue weighted by Gasteiger charge is 2.48. The maximum atomic E-state index is 13.3. The van der Waals surface area contributed by atoms with Crippen LogP contribution < -0.4 is 15.4 Å². The number of rotatable bonds is 7. The van der Waals surface area contributed by atoms with Gasteiger partial charge in [-0.2, -0.15) is 4.73 Å². The van der Waals surface area contributed by atoms with Crippen LogP contribution in [0.15, 0.2) is 24.5 Å². The third kappa shape index (κ3) is 6.61. The van der Waals surface area contributed by atoms with Crippen molar-refractivity contribution in [2.45, 2.75) is 96.4 Å². The van der Waals surface area contributed by atoms with Crippen LogP contribution in [0.1, 0.15) is 78.7 Å². The number of hydrogen-bond acceptors (Lipinski definition) is 5. The van der Waals surface area contributed by atoms with Gasteiger partial charge in [-0.1, -0.05) is 13.8 Å². The highest BCUT2D eigenvalue weighted by atomic mass is 16.6. The molecule has 9 heteroatoms. The molecule has 2 N–H and O–H groups in total. The molecule has 0 bridgehead atoms. The standard InChI is InChI=1S/C25H38N4O5/c1-17(2)15-19(21(30)27-25(11-12-25)18-9-8-13-28(33)16-18)26-22(31)20-10-6-7-14-29(20)23(32)34-24(3,4)5/h8-9,13,16-17,19-20H,6-7,10-12,14-15H2,1-5H3,(H,26,31)(H,27,30). The predicted molar refractivity (Wildman–Crippen MR) is 126 cm³/mol. The Balaban J connectivity index is 1.71. The van der Waals surface area contributed by atoms with Gasteiger partial charge in [-0.25, -0.2) is 4.79 Å². The van der Waals surface area contributed by atoms with Gasteiger partial charge in [0.05, 0.1) is 5.54 Å². The van der Waals surface area contributed by atoms with Crippen LogP contribution in [0.3, 0.4) is 0 Å². The summed E-state index contributed by atoms with van der Waals surface area (Å²) in [5.41, 5.74) is -0.470. The second kappa shape index (κ2) is 10.2. The fourth-order valence-corrected chi connectivity index (χ4v) is 4.39. The van der Waals surface area contributed by atoms with Gasteiger partial charge in [0.2, 0.25) is 11.8 Å². The second-order valence-electron chi connectivity index (χ2n) is 10.9. The molecule has 0 spiro atoms. The molecule has 2 aliphatic rings. The first-order chi connectivity index (χ1) is 15.9. The number of carbonyl (C=O) groups is 3. The Morgan fingerprint density at radius 1 is 1.26 bits per heavy atom. The van der Waals surface area contributed by atoms with Crippen LogP contribution in [0.4, 0.5) is 4.79 Å². The maximum Gasteiger partial charge on any atom is 0.410 e. The van der Waals surface area contributed by atoms with Crippen LogP contribution in [0.25, 0.3) is 0 Å². The summed E-state index contributed by atoms with van der Waals surface area (Å²) in [6, 6.07) is 2.08. The molecule has 1 aliphatic carbocycles. The lowest BCUT2D eigenvalue weighted by molar-refractivity contribution is -0.606. The van der Waals surface area contributed by atoms with E-state index in [0.29, 0.717) is 19.4 Å². The summed E-state index contributed by atoms with van der Waals surface area (Å²) >= 11 is 0. The van der Waals surface area contributed by atoms with Crippen molar-refractivity contribution in [3.8, 4) is 0 Å². The van der Waals surface area contributed by atoms with Crippen LogP contribution in [0, 0.1) is 11.1 Å². The van der Waals surface area contributed by atoms with Gasteiger partial charge in [0.15, 0.2) is 12.4 Å². The van der Waals surface area contributed by atoms with Gasteiger partial charge in [-0.15, -0.1) is 0 Å². The third-order valence-corrected chi connectivity index (χ3v) is 6.21. The second-order valence-corrected chi connectivity index (χ2v) is 10.9. The fraction of sp³-hybridized carbons (Fsp3) is 0.680. The number of ether oxygens (including phenoxy) is 1. The zero-order valence-corrected chi connectivity index (χ0v) is 20.9. The molecule has 0 aromatic carbocycles. The zero-order valence-electron chi connectivity index (χ0n) is 20.9. The average Bonchev–Trinajstić information content (AvgIpc) is 3.52. The maximum absolute atomic E-state index is 13.3. The van der Waals surface area contributed by atoms with Crippen molar-refractivity contribution in [1.29, 1.82) is 0 Å². The van der Waals surface area contributed by atoms with Crippen molar-refractivity contribution in [3.63, 3.8) is 0 Å². The zero-order chi connectivity index (χ0) is 25.1. The van der Waals surface area contributed by atoms with E-state index in [1.54, 1.807) is 26.8 Å². The molecule has 1 saturated carbocycles. The van der Waals surface area contributed by atoms with Gasteiger partial charge in [-0.3, -0.25) is 14.5 Å². The SMILES string of the molecule is CC(C)CC(NC(=O)C1CCCCN1C(=O)OC(C)(C)C)C(=O)NC1(c2ccc[n+]([O-])c2)CC1. The van der Waals surface area contributed by atoms with E-state index in [0.717, 1.165) is 36.0 Å². The molecule has 2 atom stereocenters. The lowest BCUT2D eigenvalue weighted by atomic mass is 9.98. The summed E-state index contributed by atoms with van der Waals surface area (Å²) in [5.74, 6) is -0.450. The molecule has 1 saturated heterocycles. The van der Waals surface area contributed by atoms with Gasteiger partial charge in [0.1, 0.15) is 17.7 Å². The number of aromatic nitrogens is 1. The molecule has 34 heavy (non-hydrogen) atoms. The van der Waals surface area contributed by atoms with Crippen molar-refractivity contribution in [2.24, 2.45) is 5.92 Å². The minimum Gasteiger partial charge on any atom is -0.619 e. The predicted octanol–water partition coefficient (Wildman–Crippen LogP) is 2.75. The first-order valence-electron chi connectivity index (χ1n) is 12.2. The number of nitrogens with one attached hydrogen (secondary N) is 2. The fourth-order valence-electron chi connectivity index (χ4n) is 4.39. The van der Waals surface area contributed by atoms with Gasteiger partial charge < -0.3 is 20.6 Å². The van der Waals surface area contributed by atoms with Gasteiger partial charge in [0, 0.05) is 18.2 Å². The molecule has 2 unspecified atom stereocenters. The molecule has 0 radical (unpaired) electrons. The number of piperidine rings is 1. The van der Waals surface area contributed by atoms with Crippen LogP contribution >= 0.6 is 0 Å². The first kappa shape index (κ1) is 25.8. The molecule has 3 rings (SSSR count). The lowest BCUT2D eigenvalue weighted by Crippen LogP contribution is -2.57. The quantitative estimate of drug-likeness (QED) is 0.466. The van der Waals surface area contributed by atoms with Crippen molar-refractivity contribution < 1.29 is 23.9 Å². The Labute approximate surface area is 201 Å². The minimum atomic E-state index is -0.740. The topological polar surface area (TPSA) is 115 Å². The highest BCUT2D eigenvalue weighted by molar-refractivity contribution is 5.92. The number of hydrogen-bond donors (Lipinski definition) is 2. The average molecular weight is 475 g/mol. The molecule has 1 aromatic heterocycles. The monoisotopic (exact) mass is 474 g/mol. The van der Waals surface area contributed by atoms with E-state index >= 15 is 0 Å². The Kier molecular flexibility index (Phi) is 7.73. The Morgan fingerprint density at radius 2 is 1.97 bits per heavy atom. The summed E-state index contributed by atoms with van der Waals surface area (Å²) in [6.07, 6.45) is 6.46. The molecular weight excluding hydrogens is 436 g/mol. The van der Waals surface area contributed by atoms with Crippen molar-refractivity contribution >= 4 is 17.9 Å². The normalized spacial score (nSPS) is 20.4. The number of likely N-dealkylation sites (tertiary alicyclic amines) is 1. The molecule has 3 amide bonds. The Bertz CT molecular complexity index is 907. The summed E-state index contributed by atoms with van der Waals surface area (Å²) < 4.78 is 6.23. The van der Waals surface area contributed by atoms with E-state index in [-0.39, 0.29) is 17.7 Å². The van der Waals surface area contributed by atoms with Crippen LogP contribution in [-0.4, -0.2) is 47.0 Å². The molecular formula is C25H38N4O5. The van der Waals surface area contributed by atoms with Crippen LogP contribution in [0.5, 0.6) is 0 Å². The smallest absolute Gasteiger partial charge is 0.410 e. The number of pyridine rings is 1. The van der Waals surface area contributed by atoms with E-state index in [1.165, 1.54) is 17.3 Å². The Hall–Kier alpha value is -2.84. The van der Waals surface area contributed by atoms with E-state index in [1.807, 2.05) is 19.9 Å². The molecule has 2 heterocycles. The number of amides is 3. The van der Waals surface area contributed by atoms with Crippen molar-refractivity contribution in [3.05, 3.63) is 35.3 Å². The molecule has 1 aliphatic heterocycles. The van der Waals surface area contributed by atoms with Gasteiger partial charge in [-0.05, 0) is 71.3 Å². The Morgan fingerprint density at radius 3 is 2.56 bits per heavy atom. The summed E-state index contributed by atoms with van der Waals surface area (Å²) in [5, 5.41) is 17.7. The molecule has 1 aromatic rings. The van der Waals surface area contributed by atoms with Crippen LogP contribution in [0.2, 0.25) is 0 Å². The lowest BCUT2D eigenvalue weighted by Gasteiger charge is -2.36. The largest absolute Gasteiger partial charge is 0.619 e. The molecule has 2 fully saturated rings. The highest BCUT2D eigenvalue weighted by Crippen LogP contribution is 2.45. The summed E-state index contributed by atoms with van der Waals surface area (Å²) in [7, 11) is 0. The third-order valence-electron chi connectivity index (χ3n) is 6.21. The van der Waals surface area contributed by atoms with Gasteiger partial charge in [0.25, 0.3) is 0 Å². The summed E-state index contributed by atoms with van der Waals surface area (Å²) in [4.78, 5) is 40.8. The number of carbonyl (C=O) groups excluding carboxylic acids is 3. The van der Waals surface area contributed by atoms with E-state index in [4.69, 9.17) is 4.74 Å². The summed E-state index contributed by atoms with van der Waals surface area (Å²) in [6.45, 7) is 9.81. The number of nitrogens with zero attached hydrogens (tertiary/aromatic N) is 2. The van der Waals surface area contributed by atoms with Gasteiger partial charge >= 0.3 is 6.09 Å². The van der Waals surface area contributed by atoms with Crippen LogP contribution in [-0.2, 0) is 19.9 Å². The van der Waals surface area contributed by atoms with E-state index in [2.05, 4.69) is 10.6 Å². The molecule has 188 valence electrons. The van der Waals surface area contributed by atoms with E-state index in [9.17, 15) is 19.6 Å². The molecule has 9 nitrogen and oxygen atoms in total.